The van der Waals surface area contributed by atoms with Gasteiger partial charge in [0.25, 0.3) is 0 Å². The number of ether oxygens (including phenoxy) is 1. The number of likely N-dealkylation sites (N-methyl/N-ethyl adjacent to an activating group) is 2. The summed E-state index contributed by atoms with van der Waals surface area (Å²) in [5.74, 6) is 0.186. The molecular formula is C18H33N3O2. The third-order valence-electron chi connectivity index (χ3n) is 3.90. The first-order chi connectivity index (χ1) is 11.2. The van der Waals surface area contributed by atoms with Crippen LogP contribution < -0.4 is 10.6 Å². The number of hydrogen-bond acceptors (Lipinski definition) is 4. The molecule has 5 heteroatoms. The largest absolute Gasteiger partial charge is 0.373 e. The van der Waals surface area contributed by atoms with Crippen molar-refractivity contribution in [3.63, 3.8) is 0 Å². The maximum Gasteiger partial charge on any atom is 0.224 e. The number of hydrogen-bond donors (Lipinski definition) is 2. The van der Waals surface area contributed by atoms with E-state index in [-0.39, 0.29) is 12.0 Å². The molecule has 0 heterocycles. The van der Waals surface area contributed by atoms with Gasteiger partial charge in [-0.15, -0.1) is 0 Å². The molecule has 0 bridgehead atoms. The number of rotatable bonds is 12. The molecule has 0 saturated carbocycles. The Balaban J connectivity index is 2.37. The summed E-state index contributed by atoms with van der Waals surface area (Å²) in [5, 5.41) is 6.44. The van der Waals surface area contributed by atoms with E-state index >= 15 is 0 Å². The van der Waals surface area contributed by atoms with Crippen molar-refractivity contribution in [2.45, 2.75) is 39.2 Å². The highest BCUT2D eigenvalue weighted by Gasteiger charge is 2.17. The molecule has 0 saturated heterocycles. The lowest BCUT2D eigenvalue weighted by molar-refractivity contribution is -0.132. The highest BCUT2D eigenvalue weighted by molar-refractivity contribution is 5.76. The van der Waals surface area contributed by atoms with Crippen molar-refractivity contribution in [2.75, 3.05) is 46.4 Å². The van der Waals surface area contributed by atoms with Crippen molar-refractivity contribution in [1.29, 1.82) is 0 Å². The Kier molecular flexibility index (Phi) is 10.6. The predicted molar refractivity (Wildman–Crippen MR) is 95.5 cm³/mol. The fourth-order valence-corrected chi connectivity index (χ4v) is 2.59. The van der Waals surface area contributed by atoms with E-state index in [0.717, 1.165) is 45.6 Å². The summed E-state index contributed by atoms with van der Waals surface area (Å²) in [4.78, 5) is 14.2. The van der Waals surface area contributed by atoms with Crippen LogP contribution in [-0.4, -0.2) is 63.3 Å². The molecule has 1 aliphatic rings. The third-order valence-corrected chi connectivity index (χ3v) is 3.90. The van der Waals surface area contributed by atoms with Gasteiger partial charge in [0.05, 0.1) is 19.1 Å². The molecule has 0 aromatic rings. The van der Waals surface area contributed by atoms with Crippen molar-refractivity contribution in [2.24, 2.45) is 0 Å². The molecule has 0 aliphatic heterocycles. The Morgan fingerprint density at radius 2 is 2.22 bits per heavy atom. The Morgan fingerprint density at radius 1 is 1.39 bits per heavy atom. The molecule has 0 spiro atoms. The van der Waals surface area contributed by atoms with E-state index in [9.17, 15) is 4.79 Å². The van der Waals surface area contributed by atoms with Gasteiger partial charge in [0.2, 0.25) is 5.91 Å². The van der Waals surface area contributed by atoms with Crippen LogP contribution in [-0.2, 0) is 9.53 Å². The van der Waals surface area contributed by atoms with Gasteiger partial charge in [-0.2, -0.15) is 0 Å². The molecular weight excluding hydrogens is 290 g/mol. The molecule has 1 unspecified atom stereocenters. The van der Waals surface area contributed by atoms with E-state index in [1.54, 1.807) is 0 Å². The quantitative estimate of drug-likeness (QED) is 0.574. The summed E-state index contributed by atoms with van der Waals surface area (Å²) in [6, 6.07) is 0. The first-order valence-electron chi connectivity index (χ1n) is 8.83. The molecule has 1 atom stereocenters. The summed E-state index contributed by atoms with van der Waals surface area (Å²) in [6.45, 7) is 8.90. The molecule has 1 amide bonds. The fraction of sp³-hybridized carbons (Fsp3) is 0.722. The molecule has 2 N–H and O–H groups in total. The van der Waals surface area contributed by atoms with Crippen LogP contribution in [0.5, 0.6) is 0 Å². The van der Waals surface area contributed by atoms with Crippen molar-refractivity contribution in [3.8, 4) is 0 Å². The molecule has 23 heavy (non-hydrogen) atoms. The van der Waals surface area contributed by atoms with Crippen LogP contribution in [0.2, 0.25) is 0 Å². The lowest BCUT2D eigenvalue weighted by atomic mass is 10.0. The predicted octanol–water partition coefficient (Wildman–Crippen LogP) is 1.72. The van der Waals surface area contributed by atoms with Crippen LogP contribution in [0.15, 0.2) is 23.8 Å². The average Bonchev–Trinajstić information content (AvgIpc) is 2.57. The second-order valence-electron chi connectivity index (χ2n) is 5.78. The van der Waals surface area contributed by atoms with Gasteiger partial charge < -0.3 is 20.3 Å². The van der Waals surface area contributed by atoms with Crippen molar-refractivity contribution < 1.29 is 9.53 Å². The normalized spacial score (nSPS) is 17.2. The minimum Gasteiger partial charge on any atom is -0.373 e. The Labute approximate surface area is 141 Å². The third kappa shape index (κ3) is 7.77. The van der Waals surface area contributed by atoms with Gasteiger partial charge in [-0.05, 0) is 32.0 Å². The average molecular weight is 323 g/mol. The number of nitrogens with zero attached hydrogens (tertiary/aromatic N) is 1. The van der Waals surface area contributed by atoms with Crippen molar-refractivity contribution in [3.05, 3.63) is 23.8 Å². The van der Waals surface area contributed by atoms with Gasteiger partial charge >= 0.3 is 0 Å². The molecule has 1 rings (SSSR count). The molecule has 5 nitrogen and oxygen atoms in total. The maximum absolute atomic E-state index is 12.3. The number of amides is 1. The second kappa shape index (κ2) is 12.3. The standard InChI is InChI=1S/C18H33N3O2/c1-4-12-21(13-11-19-3)18(22)10-14-23-17-9-7-6-8-16(17)15-20-5-2/h6-8,17,19-20H,4-5,9-15H2,1-3H3. The summed E-state index contributed by atoms with van der Waals surface area (Å²) >= 11 is 0. The van der Waals surface area contributed by atoms with Crippen LogP contribution in [0, 0.1) is 0 Å². The van der Waals surface area contributed by atoms with Gasteiger partial charge in [-0.3, -0.25) is 4.79 Å². The first-order valence-corrected chi connectivity index (χ1v) is 8.83. The van der Waals surface area contributed by atoms with Gasteiger partial charge in [-0.1, -0.05) is 32.1 Å². The zero-order chi connectivity index (χ0) is 16.9. The lowest BCUT2D eigenvalue weighted by Gasteiger charge is -2.24. The molecule has 0 aromatic heterocycles. The number of nitrogens with one attached hydrogen (secondary N) is 2. The second-order valence-corrected chi connectivity index (χ2v) is 5.78. The summed E-state index contributed by atoms with van der Waals surface area (Å²) < 4.78 is 5.97. The SMILES string of the molecule is CCCN(CCNC)C(=O)CCOC1CC=CC=C1CNCC. The number of allylic oxidation sites excluding steroid dienone is 2. The molecule has 132 valence electrons. The molecule has 0 radical (unpaired) electrons. The molecule has 0 fully saturated rings. The first kappa shape index (κ1) is 19.9. The van der Waals surface area contributed by atoms with Crippen LogP contribution in [0.3, 0.4) is 0 Å². The number of carbonyl (C=O) groups is 1. The Hall–Kier alpha value is -1.17. The van der Waals surface area contributed by atoms with E-state index in [1.165, 1.54) is 5.57 Å². The number of carbonyl (C=O) groups excluding carboxylic acids is 1. The summed E-state index contributed by atoms with van der Waals surface area (Å²) in [5.41, 5.74) is 1.27. The van der Waals surface area contributed by atoms with E-state index in [2.05, 4.69) is 42.7 Å². The van der Waals surface area contributed by atoms with Gasteiger partial charge in [-0.25, -0.2) is 0 Å². The fourth-order valence-electron chi connectivity index (χ4n) is 2.59. The molecule has 1 aliphatic carbocycles. The minimum absolute atomic E-state index is 0.101. The Morgan fingerprint density at radius 3 is 2.91 bits per heavy atom. The Bertz CT molecular complexity index is 394. The highest BCUT2D eigenvalue weighted by Crippen LogP contribution is 2.16. The van der Waals surface area contributed by atoms with Crippen LogP contribution in [0.1, 0.15) is 33.1 Å². The van der Waals surface area contributed by atoms with Crippen LogP contribution in [0.25, 0.3) is 0 Å². The van der Waals surface area contributed by atoms with Crippen molar-refractivity contribution >= 4 is 5.91 Å². The maximum atomic E-state index is 12.3. The molecule has 0 aromatic carbocycles. The minimum atomic E-state index is 0.101. The topological polar surface area (TPSA) is 53.6 Å². The van der Waals surface area contributed by atoms with Gasteiger partial charge in [0.15, 0.2) is 0 Å². The highest BCUT2D eigenvalue weighted by atomic mass is 16.5. The van der Waals surface area contributed by atoms with Crippen molar-refractivity contribution in [1.82, 2.24) is 15.5 Å². The van der Waals surface area contributed by atoms with Gasteiger partial charge in [0.1, 0.15) is 0 Å². The van der Waals surface area contributed by atoms with E-state index in [4.69, 9.17) is 4.74 Å². The van der Waals surface area contributed by atoms with Crippen LogP contribution in [0.4, 0.5) is 0 Å². The van der Waals surface area contributed by atoms with E-state index in [1.807, 2.05) is 11.9 Å². The zero-order valence-corrected chi connectivity index (χ0v) is 14.9. The smallest absolute Gasteiger partial charge is 0.224 e. The summed E-state index contributed by atoms with van der Waals surface area (Å²) in [6.07, 6.45) is 8.76. The van der Waals surface area contributed by atoms with E-state index in [0.29, 0.717) is 13.0 Å². The lowest BCUT2D eigenvalue weighted by Crippen LogP contribution is -2.37. The van der Waals surface area contributed by atoms with Gasteiger partial charge in [0, 0.05) is 26.2 Å². The zero-order valence-electron chi connectivity index (χ0n) is 14.9. The van der Waals surface area contributed by atoms with E-state index < -0.39 is 0 Å². The summed E-state index contributed by atoms with van der Waals surface area (Å²) in [7, 11) is 1.91. The monoisotopic (exact) mass is 323 g/mol. The van der Waals surface area contributed by atoms with Crippen LogP contribution >= 0.6 is 0 Å².